The SMILES string of the molecule is COc1ccc(NC(C)=O)cc1S(=O)(=O)N[C@@H](c1ccccc1)C1CC1. The third kappa shape index (κ3) is 4.23. The van der Waals surface area contributed by atoms with Gasteiger partial charge in [-0.1, -0.05) is 30.3 Å². The van der Waals surface area contributed by atoms with E-state index in [9.17, 15) is 13.2 Å². The lowest BCUT2D eigenvalue weighted by molar-refractivity contribution is -0.114. The molecule has 0 saturated heterocycles. The highest BCUT2D eigenvalue weighted by molar-refractivity contribution is 7.89. The highest BCUT2D eigenvalue weighted by Gasteiger charge is 2.36. The molecule has 1 saturated carbocycles. The van der Waals surface area contributed by atoms with Crippen LogP contribution in [0.25, 0.3) is 0 Å². The summed E-state index contributed by atoms with van der Waals surface area (Å²) in [5, 5.41) is 2.60. The van der Waals surface area contributed by atoms with E-state index in [0.29, 0.717) is 5.69 Å². The molecule has 6 nitrogen and oxygen atoms in total. The van der Waals surface area contributed by atoms with Gasteiger partial charge in [0.15, 0.2) is 0 Å². The fourth-order valence-electron chi connectivity index (χ4n) is 2.92. The Bertz CT molecular complexity index is 893. The zero-order chi connectivity index (χ0) is 18.7. The molecule has 2 aromatic rings. The summed E-state index contributed by atoms with van der Waals surface area (Å²) in [7, 11) is -2.42. The summed E-state index contributed by atoms with van der Waals surface area (Å²) in [5.74, 6) is 0.248. The first-order chi connectivity index (χ1) is 12.4. The second-order valence-electron chi connectivity index (χ2n) is 6.39. The number of anilines is 1. The van der Waals surface area contributed by atoms with Crippen LogP contribution in [0.15, 0.2) is 53.4 Å². The molecule has 1 fully saturated rings. The minimum atomic E-state index is -3.84. The van der Waals surface area contributed by atoms with Gasteiger partial charge >= 0.3 is 0 Å². The smallest absolute Gasteiger partial charge is 0.244 e. The van der Waals surface area contributed by atoms with E-state index in [-0.39, 0.29) is 28.5 Å². The Morgan fingerprint density at radius 2 is 1.85 bits per heavy atom. The highest BCUT2D eigenvalue weighted by Crippen LogP contribution is 2.42. The molecule has 0 radical (unpaired) electrons. The summed E-state index contributed by atoms with van der Waals surface area (Å²) in [6.45, 7) is 1.37. The van der Waals surface area contributed by atoms with Crippen molar-refractivity contribution in [3.8, 4) is 5.75 Å². The Labute approximate surface area is 153 Å². The fourth-order valence-corrected chi connectivity index (χ4v) is 4.41. The van der Waals surface area contributed by atoms with Gasteiger partial charge < -0.3 is 10.1 Å². The summed E-state index contributed by atoms with van der Waals surface area (Å²) >= 11 is 0. The van der Waals surface area contributed by atoms with E-state index >= 15 is 0 Å². The van der Waals surface area contributed by atoms with Gasteiger partial charge in [-0.25, -0.2) is 13.1 Å². The summed E-state index contributed by atoms with van der Waals surface area (Å²) in [5.41, 5.74) is 1.34. The summed E-state index contributed by atoms with van der Waals surface area (Å²) in [4.78, 5) is 11.3. The summed E-state index contributed by atoms with van der Waals surface area (Å²) in [6, 6.07) is 13.8. The predicted octanol–water partition coefficient (Wildman–Crippen LogP) is 3.08. The maximum Gasteiger partial charge on any atom is 0.244 e. The van der Waals surface area contributed by atoms with Crippen LogP contribution in [0.3, 0.4) is 0 Å². The quantitative estimate of drug-likeness (QED) is 0.780. The molecule has 7 heteroatoms. The number of hydrogen-bond acceptors (Lipinski definition) is 4. The molecule has 0 unspecified atom stereocenters. The Morgan fingerprint density at radius 1 is 1.15 bits per heavy atom. The van der Waals surface area contributed by atoms with Crippen molar-refractivity contribution in [1.82, 2.24) is 4.72 Å². The van der Waals surface area contributed by atoms with Gasteiger partial charge in [0.05, 0.1) is 7.11 Å². The number of nitrogens with one attached hydrogen (secondary N) is 2. The second kappa shape index (κ2) is 7.47. The third-order valence-corrected chi connectivity index (χ3v) is 5.77. The van der Waals surface area contributed by atoms with Gasteiger partial charge in [0.1, 0.15) is 10.6 Å². The average molecular weight is 374 g/mol. The van der Waals surface area contributed by atoms with Crippen LogP contribution in [0.5, 0.6) is 5.75 Å². The Morgan fingerprint density at radius 3 is 2.42 bits per heavy atom. The van der Waals surface area contributed by atoms with Crippen molar-refractivity contribution in [2.45, 2.75) is 30.7 Å². The Hall–Kier alpha value is -2.38. The minimum Gasteiger partial charge on any atom is -0.495 e. The lowest BCUT2D eigenvalue weighted by Crippen LogP contribution is -2.30. The largest absolute Gasteiger partial charge is 0.495 e. The normalized spacial score (nSPS) is 15.3. The fraction of sp³-hybridized carbons (Fsp3) is 0.316. The van der Waals surface area contributed by atoms with E-state index in [1.165, 1.54) is 26.2 Å². The van der Waals surface area contributed by atoms with Crippen LogP contribution in [0, 0.1) is 5.92 Å². The number of methoxy groups -OCH3 is 1. The molecule has 138 valence electrons. The van der Waals surface area contributed by atoms with Crippen molar-refractivity contribution < 1.29 is 17.9 Å². The molecule has 2 N–H and O–H groups in total. The standard InChI is InChI=1S/C19H22N2O4S/c1-13(22)20-16-10-11-17(25-2)18(12-16)26(23,24)21-19(15-8-9-15)14-6-4-3-5-7-14/h3-7,10-12,15,19,21H,8-9H2,1-2H3,(H,20,22)/t19-/m0/s1. The molecule has 2 aromatic carbocycles. The van der Waals surface area contributed by atoms with Crippen molar-refractivity contribution in [2.24, 2.45) is 5.92 Å². The molecular formula is C19H22N2O4S. The molecule has 1 atom stereocenters. The van der Waals surface area contributed by atoms with E-state index in [4.69, 9.17) is 4.74 Å². The van der Waals surface area contributed by atoms with Crippen LogP contribution in [0.4, 0.5) is 5.69 Å². The predicted molar refractivity (Wildman–Crippen MR) is 99.5 cm³/mol. The van der Waals surface area contributed by atoms with Gasteiger partial charge in [-0.3, -0.25) is 4.79 Å². The van der Waals surface area contributed by atoms with Crippen molar-refractivity contribution >= 4 is 21.6 Å². The molecule has 0 bridgehead atoms. The lowest BCUT2D eigenvalue weighted by Gasteiger charge is -2.20. The highest BCUT2D eigenvalue weighted by atomic mass is 32.2. The van der Waals surface area contributed by atoms with E-state index in [1.807, 2.05) is 30.3 Å². The van der Waals surface area contributed by atoms with Crippen LogP contribution >= 0.6 is 0 Å². The van der Waals surface area contributed by atoms with E-state index in [1.54, 1.807) is 6.07 Å². The molecule has 1 aliphatic rings. The second-order valence-corrected chi connectivity index (χ2v) is 8.08. The molecule has 0 spiro atoms. The molecule has 3 rings (SSSR count). The van der Waals surface area contributed by atoms with Crippen LogP contribution in [0.2, 0.25) is 0 Å². The Balaban J connectivity index is 1.95. The van der Waals surface area contributed by atoms with Crippen molar-refractivity contribution in [2.75, 3.05) is 12.4 Å². The Kier molecular flexibility index (Phi) is 5.29. The number of sulfonamides is 1. The molecule has 26 heavy (non-hydrogen) atoms. The maximum absolute atomic E-state index is 13.1. The summed E-state index contributed by atoms with van der Waals surface area (Å²) in [6.07, 6.45) is 1.98. The number of ether oxygens (including phenoxy) is 1. The maximum atomic E-state index is 13.1. The molecule has 1 aliphatic carbocycles. The van der Waals surface area contributed by atoms with E-state index in [2.05, 4.69) is 10.0 Å². The monoisotopic (exact) mass is 374 g/mol. The zero-order valence-corrected chi connectivity index (χ0v) is 15.5. The van der Waals surface area contributed by atoms with Gasteiger partial charge in [-0.15, -0.1) is 0 Å². The zero-order valence-electron chi connectivity index (χ0n) is 14.7. The van der Waals surface area contributed by atoms with Gasteiger partial charge in [0.25, 0.3) is 0 Å². The summed E-state index contributed by atoms with van der Waals surface area (Å²) < 4.78 is 34.2. The third-order valence-electron chi connectivity index (χ3n) is 4.31. The van der Waals surface area contributed by atoms with Crippen LogP contribution < -0.4 is 14.8 Å². The molecule has 1 amide bonds. The van der Waals surface area contributed by atoms with Crippen LogP contribution in [0.1, 0.15) is 31.4 Å². The van der Waals surface area contributed by atoms with Crippen LogP contribution in [-0.2, 0) is 14.8 Å². The molecule has 0 aromatic heterocycles. The van der Waals surface area contributed by atoms with Gasteiger partial charge in [0.2, 0.25) is 15.9 Å². The first-order valence-electron chi connectivity index (χ1n) is 8.43. The average Bonchev–Trinajstić information content (AvgIpc) is 3.45. The van der Waals surface area contributed by atoms with Gasteiger partial charge in [-0.05, 0) is 42.5 Å². The number of amides is 1. The number of carbonyl (C=O) groups is 1. The first-order valence-corrected chi connectivity index (χ1v) is 9.92. The van der Waals surface area contributed by atoms with Crippen LogP contribution in [-0.4, -0.2) is 21.4 Å². The van der Waals surface area contributed by atoms with Gasteiger partial charge in [-0.2, -0.15) is 0 Å². The number of carbonyl (C=O) groups excluding carboxylic acids is 1. The number of hydrogen-bond donors (Lipinski definition) is 2. The van der Waals surface area contributed by atoms with Gasteiger partial charge in [0, 0.05) is 18.7 Å². The molecule has 0 heterocycles. The number of benzene rings is 2. The van der Waals surface area contributed by atoms with Crippen molar-refractivity contribution in [1.29, 1.82) is 0 Å². The van der Waals surface area contributed by atoms with Crippen molar-refractivity contribution in [3.63, 3.8) is 0 Å². The minimum absolute atomic E-state index is 0.00725. The number of rotatable bonds is 7. The molecule has 0 aliphatic heterocycles. The first kappa shape index (κ1) is 18.4. The lowest BCUT2D eigenvalue weighted by atomic mass is 10.0. The van der Waals surface area contributed by atoms with Crippen molar-refractivity contribution in [3.05, 3.63) is 54.1 Å². The topological polar surface area (TPSA) is 84.5 Å². The van der Waals surface area contributed by atoms with E-state index in [0.717, 1.165) is 18.4 Å². The molecular weight excluding hydrogens is 352 g/mol. The van der Waals surface area contributed by atoms with E-state index < -0.39 is 10.0 Å².